The van der Waals surface area contributed by atoms with E-state index < -0.39 is 0 Å². The molecule has 0 spiro atoms. The van der Waals surface area contributed by atoms with Crippen LogP contribution < -0.4 is 0 Å². The fraction of sp³-hybridized carbons (Fsp3) is 0.579. The van der Waals surface area contributed by atoms with Crippen LogP contribution in [0.4, 0.5) is 0 Å². The average molecular weight is 383 g/mol. The van der Waals surface area contributed by atoms with Crippen molar-refractivity contribution in [3.05, 3.63) is 33.8 Å². The molecular weight excluding hydrogens is 359 g/mol. The Morgan fingerprint density at radius 1 is 1.24 bits per heavy atom. The maximum atomic E-state index is 12.8. The van der Waals surface area contributed by atoms with Crippen LogP contribution in [-0.2, 0) is 16.0 Å². The second kappa shape index (κ2) is 8.07. The van der Waals surface area contributed by atoms with E-state index in [0.29, 0.717) is 35.1 Å². The molecule has 1 aliphatic carbocycles. The van der Waals surface area contributed by atoms with Crippen molar-refractivity contribution < 1.29 is 9.59 Å². The van der Waals surface area contributed by atoms with Crippen molar-refractivity contribution in [3.8, 4) is 0 Å². The highest BCUT2D eigenvalue weighted by Gasteiger charge is 2.38. The number of nitrogens with zero attached hydrogens (tertiary/aromatic N) is 2. The van der Waals surface area contributed by atoms with Gasteiger partial charge < -0.3 is 4.90 Å². The lowest BCUT2D eigenvalue weighted by molar-refractivity contribution is -0.136. The van der Waals surface area contributed by atoms with Crippen LogP contribution in [0.1, 0.15) is 37.7 Å². The molecule has 4 nitrogen and oxygen atoms in total. The highest BCUT2D eigenvalue weighted by Crippen LogP contribution is 2.28. The molecule has 2 atom stereocenters. The summed E-state index contributed by atoms with van der Waals surface area (Å²) in [5.41, 5.74) is 0.857. The van der Waals surface area contributed by atoms with Gasteiger partial charge in [-0.3, -0.25) is 14.5 Å². The molecule has 136 valence electrons. The zero-order valence-corrected chi connectivity index (χ0v) is 16.0. The number of amides is 1. The fourth-order valence-corrected chi connectivity index (χ4v) is 4.32. The lowest BCUT2D eigenvalue weighted by Crippen LogP contribution is -2.54. The number of halogens is 2. The van der Waals surface area contributed by atoms with Gasteiger partial charge >= 0.3 is 0 Å². The number of rotatable bonds is 4. The Bertz CT molecular complexity index is 659. The van der Waals surface area contributed by atoms with Crippen molar-refractivity contribution in [1.29, 1.82) is 0 Å². The van der Waals surface area contributed by atoms with Gasteiger partial charge in [0, 0.05) is 32.0 Å². The van der Waals surface area contributed by atoms with Crippen LogP contribution in [0.2, 0.25) is 10.0 Å². The van der Waals surface area contributed by atoms with E-state index in [0.717, 1.165) is 25.1 Å². The van der Waals surface area contributed by atoms with Gasteiger partial charge in [-0.15, -0.1) is 0 Å². The van der Waals surface area contributed by atoms with Crippen LogP contribution >= 0.6 is 23.2 Å². The van der Waals surface area contributed by atoms with E-state index in [4.69, 9.17) is 23.2 Å². The summed E-state index contributed by atoms with van der Waals surface area (Å²) in [6, 6.07) is 5.57. The van der Waals surface area contributed by atoms with Crippen molar-refractivity contribution in [2.24, 2.45) is 0 Å². The van der Waals surface area contributed by atoms with Gasteiger partial charge in [0.15, 0.2) is 0 Å². The Hall–Kier alpha value is -1.10. The van der Waals surface area contributed by atoms with Crippen molar-refractivity contribution in [2.75, 3.05) is 20.1 Å². The van der Waals surface area contributed by atoms with Gasteiger partial charge in [0.25, 0.3) is 0 Å². The molecule has 1 amide bonds. The quantitative estimate of drug-likeness (QED) is 0.798. The molecule has 2 aliphatic rings. The minimum absolute atomic E-state index is 0.0573. The number of ketones is 1. The predicted octanol–water partition coefficient (Wildman–Crippen LogP) is 3.58. The molecule has 1 heterocycles. The lowest BCUT2D eigenvalue weighted by Gasteiger charge is -2.42. The number of carbonyl (C=O) groups is 2. The molecule has 1 saturated carbocycles. The standard InChI is InChI=1S/C19H24Cl2N2O2/c1-22(19(25)11-13-4-6-15(20)16(21)10-13)17-7-5-14(24)12-18(17)23-8-2-3-9-23/h4,6,10,17-18H,2-3,5,7-9,11-12H2,1H3/t17-,18-/m1/s1. The van der Waals surface area contributed by atoms with E-state index in [1.807, 2.05) is 18.0 Å². The van der Waals surface area contributed by atoms with Gasteiger partial charge in [-0.25, -0.2) is 0 Å². The topological polar surface area (TPSA) is 40.6 Å². The Morgan fingerprint density at radius 2 is 1.96 bits per heavy atom. The highest BCUT2D eigenvalue weighted by atomic mass is 35.5. The molecule has 1 aromatic rings. The summed E-state index contributed by atoms with van der Waals surface area (Å²) in [4.78, 5) is 29.0. The SMILES string of the molecule is CN(C(=O)Cc1ccc(Cl)c(Cl)c1)[C@@H]1CCC(=O)C[C@H]1N1CCCC1. The molecule has 1 saturated heterocycles. The van der Waals surface area contributed by atoms with E-state index in [9.17, 15) is 9.59 Å². The Kier molecular flexibility index (Phi) is 6.03. The summed E-state index contributed by atoms with van der Waals surface area (Å²) >= 11 is 12.0. The summed E-state index contributed by atoms with van der Waals surface area (Å²) in [6.45, 7) is 2.06. The molecule has 0 radical (unpaired) electrons. The molecule has 25 heavy (non-hydrogen) atoms. The van der Waals surface area contributed by atoms with Crippen LogP contribution in [0.15, 0.2) is 18.2 Å². The smallest absolute Gasteiger partial charge is 0.227 e. The number of benzene rings is 1. The molecule has 0 N–H and O–H groups in total. The fourth-order valence-electron chi connectivity index (χ4n) is 4.00. The second-order valence-corrected chi connectivity index (χ2v) is 7.90. The zero-order valence-electron chi connectivity index (χ0n) is 14.5. The summed E-state index contributed by atoms with van der Waals surface area (Å²) in [6.07, 6.45) is 4.54. The van der Waals surface area contributed by atoms with Gasteiger partial charge in [-0.1, -0.05) is 29.3 Å². The molecule has 2 fully saturated rings. The number of likely N-dealkylation sites (tertiary alicyclic amines) is 1. The number of hydrogen-bond acceptors (Lipinski definition) is 3. The van der Waals surface area contributed by atoms with Crippen LogP contribution in [0.25, 0.3) is 0 Å². The van der Waals surface area contributed by atoms with E-state index in [2.05, 4.69) is 4.90 Å². The molecule has 1 aromatic carbocycles. The van der Waals surface area contributed by atoms with Crippen LogP contribution in [0.3, 0.4) is 0 Å². The first-order chi connectivity index (χ1) is 12.0. The van der Waals surface area contributed by atoms with Gasteiger partial charge in [0.2, 0.25) is 5.91 Å². The second-order valence-electron chi connectivity index (χ2n) is 7.09. The van der Waals surface area contributed by atoms with E-state index in [1.165, 1.54) is 12.8 Å². The molecule has 6 heteroatoms. The van der Waals surface area contributed by atoms with E-state index in [1.54, 1.807) is 12.1 Å². The normalized spacial score (nSPS) is 24.5. The first kappa shape index (κ1) is 18.7. The van der Waals surface area contributed by atoms with Gasteiger partial charge in [-0.05, 0) is 50.0 Å². The van der Waals surface area contributed by atoms with Crippen molar-refractivity contribution >= 4 is 34.9 Å². The van der Waals surface area contributed by atoms with Crippen molar-refractivity contribution in [2.45, 2.75) is 50.6 Å². The third-order valence-corrected chi connectivity index (χ3v) is 6.18. The maximum absolute atomic E-state index is 12.8. The molecule has 0 bridgehead atoms. The number of likely N-dealkylation sites (N-methyl/N-ethyl adjacent to an activating group) is 1. The third-order valence-electron chi connectivity index (χ3n) is 5.44. The monoisotopic (exact) mass is 382 g/mol. The number of hydrogen-bond donors (Lipinski definition) is 0. The summed E-state index contributed by atoms with van der Waals surface area (Å²) in [5, 5.41) is 0.957. The Balaban J connectivity index is 1.70. The average Bonchev–Trinajstić information content (AvgIpc) is 3.12. The largest absolute Gasteiger partial charge is 0.341 e. The maximum Gasteiger partial charge on any atom is 0.227 e. The zero-order chi connectivity index (χ0) is 18.0. The van der Waals surface area contributed by atoms with Crippen LogP contribution in [-0.4, -0.2) is 53.7 Å². The van der Waals surface area contributed by atoms with Crippen molar-refractivity contribution in [1.82, 2.24) is 9.80 Å². The Labute approximate surface area is 159 Å². The first-order valence-corrected chi connectivity index (χ1v) is 9.66. The summed E-state index contributed by atoms with van der Waals surface area (Å²) < 4.78 is 0. The minimum Gasteiger partial charge on any atom is -0.341 e. The first-order valence-electron chi connectivity index (χ1n) is 8.91. The lowest BCUT2D eigenvalue weighted by atomic mass is 9.87. The molecule has 1 aliphatic heterocycles. The summed E-state index contributed by atoms with van der Waals surface area (Å²) in [5.74, 6) is 0.375. The Morgan fingerprint density at radius 3 is 2.64 bits per heavy atom. The van der Waals surface area contributed by atoms with Gasteiger partial charge in [0.1, 0.15) is 5.78 Å². The van der Waals surface area contributed by atoms with Gasteiger partial charge in [0.05, 0.1) is 16.5 Å². The van der Waals surface area contributed by atoms with Crippen LogP contribution in [0, 0.1) is 0 Å². The molecule has 0 unspecified atom stereocenters. The molecular formula is C19H24Cl2N2O2. The minimum atomic E-state index is 0.0573. The van der Waals surface area contributed by atoms with Gasteiger partial charge in [-0.2, -0.15) is 0 Å². The highest BCUT2D eigenvalue weighted by molar-refractivity contribution is 6.42. The van der Waals surface area contributed by atoms with Crippen molar-refractivity contribution in [3.63, 3.8) is 0 Å². The predicted molar refractivity (Wildman–Crippen MR) is 100 cm³/mol. The van der Waals surface area contributed by atoms with Crippen LogP contribution in [0.5, 0.6) is 0 Å². The summed E-state index contributed by atoms with van der Waals surface area (Å²) in [7, 11) is 1.86. The van der Waals surface area contributed by atoms with E-state index in [-0.39, 0.29) is 18.0 Å². The molecule has 0 aromatic heterocycles. The number of Topliss-reactive ketones (excluding diaryl/α,β-unsaturated/α-hetero) is 1. The molecule has 3 rings (SSSR count). The third kappa shape index (κ3) is 4.36. The van der Waals surface area contributed by atoms with E-state index >= 15 is 0 Å². The number of carbonyl (C=O) groups excluding carboxylic acids is 2.